The van der Waals surface area contributed by atoms with Crippen LogP contribution in [0.5, 0.6) is 0 Å². The van der Waals surface area contributed by atoms with Gasteiger partial charge in [-0.1, -0.05) is 36.8 Å². The maximum absolute atomic E-state index is 12.0. The molecule has 1 aromatic carbocycles. The van der Waals surface area contributed by atoms with Gasteiger partial charge in [0.05, 0.1) is 0 Å². The normalized spacial score (nSPS) is 19.2. The third-order valence-electron chi connectivity index (χ3n) is 5.33. The molecule has 0 atom stereocenters. The Bertz CT molecular complexity index is 580. The highest BCUT2D eigenvalue weighted by Crippen LogP contribution is 2.47. The SMILES string of the molecule is CN=C(NCCC(=O)NCc1ccccc1)N1CCC2(CCC2)C1. The average Bonchev–Trinajstić information content (AvgIpc) is 3.04. The lowest BCUT2D eigenvalue weighted by atomic mass is 9.68. The molecule has 1 saturated carbocycles. The van der Waals surface area contributed by atoms with Gasteiger partial charge < -0.3 is 15.5 Å². The maximum atomic E-state index is 12.0. The zero-order chi connectivity index (χ0) is 16.8. The van der Waals surface area contributed by atoms with E-state index in [-0.39, 0.29) is 5.91 Å². The Labute approximate surface area is 144 Å². The number of rotatable bonds is 5. The molecule has 0 bridgehead atoms. The van der Waals surface area contributed by atoms with Gasteiger partial charge in [0.1, 0.15) is 0 Å². The van der Waals surface area contributed by atoms with Crippen LogP contribution in [0.3, 0.4) is 0 Å². The summed E-state index contributed by atoms with van der Waals surface area (Å²) in [4.78, 5) is 18.7. The van der Waals surface area contributed by atoms with Crippen LogP contribution in [-0.4, -0.2) is 43.4 Å². The molecule has 1 amide bonds. The van der Waals surface area contributed by atoms with E-state index in [0.717, 1.165) is 24.6 Å². The molecule has 1 aliphatic heterocycles. The molecule has 2 fully saturated rings. The summed E-state index contributed by atoms with van der Waals surface area (Å²) in [5, 5.41) is 6.30. The molecule has 0 aromatic heterocycles. The van der Waals surface area contributed by atoms with E-state index in [2.05, 4.69) is 20.5 Å². The summed E-state index contributed by atoms with van der Waals surface area (Å²) in [6.45, 7) is 3.41. The van der Waals surface area contributed by atoms with Crippen LogP contribution in [0.2, 0.25) is 0 Å². The number of carbonyl (C=O) groups excluding carboxylic acids is 1. The van der Waals surface area contributed by atoms with E-state index in [4.69, 9.17) is 0 Å². The Hall–Kier alpha value is -2.04. The lowest BCUT2D eigenvalue weighted by molar-refractivity contribution is -0.121. The van der Waals surface area contributed by atoms with Gasteiger partial charge in [-0.25, -0.2) is 0 Å². The minimum absolute atomic E-state index is 0.0682. The quantitative estimate of drug-likeness (QED) is 0.643. The molecule has 24 heavy (non-hydrogen) atoms. The first kappa shape index (κ1) is 16.8. The topological polar surface area (TPSA) is 56.7 Å². The second kappa shape index (κ2) is 7.69. The molecule has 2 N–H and O–H groups in total. The Morgan fingerprint density at radius 1 is 1.21 bits per heavy atom. The number of benzene rings is 1. The van der Waals surface area contributed by atoms with Gasteiger partial charge in [0, 0.05) is 39.6 Å². The van der Waals surface area contributed by atoms with Crippen LogP contribution in [0.4, 0.5) is 0 Å². The molecule has 2 aliphatic rings. The summed E-state index contributed by atoms with van der Waals surface area (Å²) in [5.74, 6) is 1.01. The predicted octanol–water partition coefficient (Wildman–Crippen LogP) is 2.14. The Kier molecular flexibility index (Phi) is 5.38. The van der Waals surface area contributed by atoms with Crippen molar-refractivity contribution in [1.82, 2.24) is 15.5 Å². The summed E-state index contributed by atoms with van der Waals surface area (Å²) >= 11 is 0. The minimum atomic E-state index is 0.0682. The zero-order valence-corrected chi connectivity index (χ0v) is 14.6. The molecule has 130 valence electrons. The van der Waals surface area contributed by atoms with E-state index >= 15 is 0 Å². The number of nitrogens with one attached hydrogen (secondary N) is 2. The smallest absolute Gasteiger partial charge is 0.222 e. The summed E-state index contributed by atoms with van der Waals surface area (Å²) in [7, 11) is 1.82. The largest absolute Gasteiger partial charge is 0.356 e. The summed E-state index contributed by atoms with van der Waals surface area (Å²) in [5.41, 5.74) is 1.68. The molecule has 1 heterocycles. The van der Waals surface area contributed by atoms with Crippen LogP contribution in [0.25, 0.3) is 0 Å². The van der Waals surface area contributed by atoms with Crippen molar-refractivity contribution in [3.63, 3.8) is 0 Å². The number of hydrogen-bond donors (Lipinski definition) is 2. The lowest BCUT2D eigenvalue weighted by Crippen LogP contribution is -2.43. The molecule has 3 rings (SSSR count). The van der Waals surface area contributed by atoms with E-state index in [1.807, 2.05) is 37.4 Å². The van der Waals surface area contributed by atoms with Crippen LogP contribution < -0.4 is 10.6 Å². The summed E-state index contributed by atoms with van der Waals surface area (Å²) in [6.07, 6.45) is 5.85. The predicted molar refractivity (Wildman–Crippen MR) is 96.7 cm³/mol. The highest BCUT2D eigenvalue weighted by molar-refractivity contribution is 5.81. The van der Waals surface area contributed by atoms with E-state index in [0.29, 0.717) is 24.9 Å². The van der Waals surface area contributed by atoms with E-state index in [1.54, 1.807) is 0 Å². The number of likely N-dealkylation sites (tertiary alicyclic amines) is 1. The fraction of sp³-hybridized carbons (Fsp3) is 0.579. The zero-order valence-electron chi connectivity index (χ0n) is 14.6. The minimum Gasteiger partial charge on any atom is -0.356 e. The van der Waals surface area contributed by atoms with Crippen LogP contribution in [0.15, 0.2) is 35.3 Å². The molecule has 1 saturated heterocycles. The van der Waals surface area contributed by atoms with Gasteiger partial charge in [-0.2, -0.15) is 0 Å². The van der Waals surface area contributed by atoms with E-state index in [1.165, 1.54) is 25.7 Å². The van der Waals surface area contributed by atoms with Gasteiger partial charge in [0.15, 0.2) is 5.96 Å². The van der Waals surface area contributed by atoms with Crippen molar-refractivity contribution in [2.24, 2.45) is 10.4 Å². The van der Waals surface area contributed by atoms with Gasteiger partial charge >= 0.3 is 0 Å². The van der Waals surface area contributed by atoms with Crippen molar-refractivity contribution in [2.45, 2.75) is 38.6 Å². The van der Waals surface area contributed by atoms with Crippen molar-refractivity contribution in [3.05, 3.63) is 35.9 Å². The second-order valence-electron chi connectivity index (χ2n) is 7.01. The van der Waals surface area contributed by atoms with E-state index in [9.17, 15) is 4.79 Å². The summed E-state index contributed by atoms with van der Waals surface area (Å²) in [6, 6.07) is 9.98. The first-order chi connectivity index (χ1) is 11.7. The number of hydrogen-bond acceptors (Lipinski definition) is 2. The Morgan fingerprint density at radius 3 is 2.62 bits per heavy atom. The number of carbonyl (C=O) groups is 1. The van der Waals surface area contributed by atoms with Crippen molar-refractivity contribution in [2.75, 3.05) is 26.7 Å². The van der Waals surface area contributed by atoms with Crippen molar-refractivity contribution in [3.8, 4) is 0 Å². The van der Waals surface area contributed by atoms with Gasteiger partial charge in [-0.15, -0.1) is 0 Å². The van der Waals surface area contributed by atoms with Crippen molar-refractivity contribution >= 4 is 11.9 Å². The molecule has 1 aliphatic carbocycles. The molecular formula is C19H28N4O. The second-order valence-corrected chi connectivity index (χ2v) is 7.01. The van der Waals surface area contributed by atoms with E-state index < -0.39 is 0 Å². The number of guanidine groups is 1. The van der Waals surface area contributed by atoms with Gasteiger partial charge in [-0.05, 0) is 30.2 Å². The Morgan fingerprint density at radius 2 is 2.00 bits per heavy atom. The van der Waals surface area contributed by atoms with Crippen LogP contribution in [0.1, 0.15) is 37.7 Å². The average molecular weight is 328 g/mol. The first-order valence-electron chi connectivity index (χ1n) is 8.97. The standard InChI is InChI=1S/C19H28N4O/c1-20-18(23-13-11-19(15-23)9-5-10-19)21-12-8-17(24)22-14-16-6-3-2-4-7-16/h2-4,6-7H,5,8-15H2,1H3,(H,20,21)(H,22,24). The Balaban J connectivity index is 1.36. The highest BCUT2D eigenvalue weighted by atomic mass is 16.1. The monoisotopic (exact) mass is 328 g/mol. The molecule has 1 spiro atoms. The van der Waals surface area contributed by atoms with Crippen LogP contribution >= 0.6 is 0 Å². The fourth-order valence-electron chi connectivity index (χ4n) is 3.71. The fourth-order valence-corrected chi connectivity index (χ4v) is 3.71. The van der Waals surface area contributed by atoms with Crippen LogP contribution in [-0.2, 0) is 11.3 Å². The molecule has 5 heteroatoms. The van der Waals surface area contributed by atoms with Gasteiger partial charge in [-0.3, -0.25) is 9.79 Å². The summed E-state index contributed by atoms with van der Waals surface area (Å²) < 4.78 is 0. The number of nitrogens with zero attached hydrogens (tertiary/aromatic N) is 2. The van der Waals surface area contributed by atoms with Crippen molar-refractivity contribution < 1.29 is 4.79 Å². The third-order valence-corrected chi connectivity index (χ3v) is 5.33. The molecule has 0 unspecified atom stereocenters. The number of aliphatic imine (C=N–C) groups is 1. The third kappa shape index (κ3) is 4.08. The number of amides is 1. The molecule has 0 radical (unpaired) electrons. The molecular weight excluding hydrogens is 300 g/mol. The van der Waals surface area contributed by atoms with Crippen LogP contribution in [0, 0.1) is 5.41 Å². The maximum Gasteiger partial charge on any atom is 0.222 e. The molecule has 1 aromatic rings. The van der Waals surface area contributed by atoms with Gasteiger partial charge in [0.25, 0.3) is 0 Å². The lowest BCUT2D eigenvalue weighted by Gasteiger charge is -2.38. The molecule has 5 nitrogen and oxygen atoms in total. The first-order valence-corrected chi connectivity index (χ1v) is 8.97. The highest BCUT2D eigenvalue weighted by Gasteiger charge is 2.43. The van der Waals surface area contributed by atoms with Gasteiger partial charge in [0.2, 0.25) is 5.91 Å². The van der Waals surface area contributed by atoms with Crippen molar-refractivity contribution in [1.29, 1.82) is 0 Å².